The predicted octanol–water partition coefficient (Wildman–Crippen LogP) is 3.09. The van der Waals surface area contributed by atoms with Crippen LogP contribution in [0.3, 0.4) is 0 Å². The maximum absolute atomic E-state index is 2.63. The molecule has 1 fully saturated rings. The average Bonchev–Trinajstić information content (AvgIpc) is 2.34. The van der Waals surface area contributed by atoms with E-state index >= 15 is 0 Å². The monoisotopic (exact) mass is 228 g/mol. The smallest absolute Gasteiger partial charge is 0.000655 e. The molecule has 16 heavy (non-hydrogen) atoms. The third-order valence-corrected chi connectivity index (χ3v) is 3.43. The summed E-state index contributed by atoms with van der Waals surface area (Å²) in [6.45, 7) is 15.0. The molecule has 1 aliphatic heterocycles. The number of hydrogen-bond donors (Lipinski definition) is 0. The Morgan fingerprint density at radius 2 is 1.75 bits per heavy atom. The van der Waals surface area contributed by atoms with E-state index in [2.05, 4.69) is 30.7 Å². The molecule has 0 aromatic heterocycles. The molecule has 0 aromatic rings. The summed E-state index contributed by atoms with van der Waals surface area (Å²) >= 11 is 0. The SMILES string of the molecule is CC.CCN(C)CCCN1CCC(C)CC1. The molecule has 0 aromatic carbocycles. The van der Waals surface area contributed by atoms with E-state index in [0.29, 0.717) is 0 Å². The summed E-state index contributed by atoms with van der Waals surface area (Å²) in [6, 6.07) is 0. The lowest BCUT2D eigenvalue weighted by Crippen LogP contribution is -2.35. The Morgan fingerprint density at radius 3 is 2.25 bits per heavy atom. The van der Waals surface area contributed by atoms with Crippen LogP contribution in [0.4, 0.5) is 0 Å². The second-order valence-corrected chi connectivity index (χ2v) is 4.77. The van der Waals surface area contributed by atoms with Crippen molar-refractivity contribution in [1.82, 2.24) is 9.80 Å². The molecular weight excluding hydrogens is 196 g/mol. The molecule has 0 bridgehead atoms. The van der Waals surface area contributed by atoms with Crippen molar-refractivity contribution in [2.45, 2.75) is 47.0 Å². The molecule has 1 saturated heterocycles. The van der Waals surface area contributed by atoms with E-state index < -0.39 is 0 Å². The highest BCUT2D eigenvalue weighted by molar-refractivity contribution is 4.69. The Bertz CT molecular complexity index is 140. The van der Waals surface area contributed by atoms with Crippen molar-refractivity contribution >= 4 is 0 Å². The van der Waals surface area contributed by atoms with Crippen molar-refractivity contribution in [1.29, 1.82) is 0 Å². The molecule has 2 heteroatoms. The molecule has 0 unspecified atom stereocenters. The predicted molar refractivity (Wildman–Crippen MR) is 74.0 cm³/mol. The van der Waals surface area contributed by atoms with Crippen LogP contribution in [-0.4, -0.2) is 49.6 Å². The van der Waals surface area contributed by atoms with Gasteiger partial charge in [-0.15, -0.1) is 0 Å². The summed E-state index contributed by atoms with van der Waals surface area (Å²) in [5.41, 5.74) is 0. The van der Waals surface area contributed by atoms with Gasteiger partial charge in [0.25, 0.3) is 0 Å². The van der Waals surface area contributed by atoms with E-state index in [1.54, 1.807) is 0 Å². The van der Waals surface area contributed by atoms with Gasteiger partial charge in [-0.2, -0.15) is 0 Å². The second-order valence-electron chi connectivity index (χ2n) is 4.77. The van der Waals surface area contributed by atoms with Gasteiger partial charge < -0.3 is 9.80 Å². The van der Waals surface area contributed by atoms with E-state index in [0.717, 1.165) is 5.92 Å². The fourth-order valence-electron chi connectivity index (χ4n) is 2.01. The number of hydrogen-bond acceptors (Lipinski definition) is 2. The lowest BCUT2D eigenvalue weighted by Gasteiger charge is -2.30. The maximum Gasteiger partial charge on any atom is -0.000655 e. The molecular formula is C14H32N2. The first kappa shape index (κ1) is 15.9. The number of piperidine rings is 1. The average molecular weight is 228 g/mol. The molecule has 0 saturated carbocycles. The Labute approximate surface area is 103 Å². The van der Waals surface area contributed by atoms with Gasteiger partial charge in [-0.1, -0.05) is 27.7 Å². The molecule has 1 rings (SSSR count). The summed E-state index contributed by atoms with van der Waals surface area (Å²) < 4.78 is 0. The van der Waals surface area contributed by atoms with E-state index in [-0.39, 0.29) is 0 Å². The van der Waals surface area contributed by atoms with Crippen LogP contribution in [0.5, 0.6) is 0 Å². The zero-order valence-corrected chi connectivity index (χ0v) is 12.1. The first-order valence-electron chi connectivity index (χ1n) is 7.13. The Balaban J connectivity index is 0.00000106. The van der Waals surface area contributed by atoms with Crippen molar-refractivity contribution in [3.05, 3.63) is 0 Å². The Hall–Kier alpha value is -0.0800. The summed E-state index contributed by atoms with van der Waals surface area (Å²) in [4.78, 5) is 5.02. The van der Waals surface area contributed by atoms with E-state index in [9.17, 15) is 0 Å². The quantitative estimate of drug-likeness (QED) is 0.713. The van der Waals surface area contributed by atoms with E-state index in [1.165, 1.54) is 52.0 Å². The minimum absolute atomic E-state index is 0.963. The van der Waals surface area contributed by atoms with Crippen molar-refractivity contribution in [2.24, 2.45) is 5.92 Å². The van der Waals surface area contributed by atoms with Crippen molar-refractivity contribution in [2.75, 3.05) is 39.8 Å². The molecule has 0 atom stereocenters. The normalized spacial score (nSPS) is 18.4. The van der Waals surface area contributed by atoms with Crippen LogP contribution >= 0.6 is 0 Å². The van der Waals surface area contributed by atoms with Crippen LogP contribution in [0, 0.1) is 5.92 Å². The molecule has 0 N–H and O–H groups in total. The van der Waals surface area contributed by atoms with Gasteiger partial charge in [0.15, 0.2) is 0 Å². The lowest BCUT2D eigenvalue weighted by atomic mass is 9.99. The van der Waals surface area contributed by atoms with Crippen molar-refractivity contribution in [3.8, 4) is 0 Å². The summed E-state index contributed by atoms with van der Waals surface area (Å²) in [6.07, 6.45) is 4.14. The van der Waals surface area contributed by atoms with Gasteiger partial charge >= 0.3 is 0 Å². The second kappa shape index (κ2) is 10.1. The molecule has 1 heterocycles. The lowest BCUT2D eigenvalue weighted by molar-refractivity contribution is 0.183. The Kier molecular flexibility index (Phi) is 10.0. The maximum atomic E-state index is 2.63. The zero-order valence-electron chi connectivity index (χ0n) is 12.1. The van der Waals surface area contributed by atoms with Crippen molar-refractivity contribution in [3.63, 3.8) is 0 Å². The standard InChI is InChI=1S/C12H26N2.C2H6/c1-4-13(3)8-5-9-14-10-6-12(2)7-11-14;1-2/h12H,4-11H2,1-3H3;1-2H3. The molecule has 0 spiro atoms. The van der Waals surface area contributed by atoms with Gasteiger partial charge in [0.1, 0.15) is 0 Å². The zero-order chi connectivity index (χ0) is 12.4. The van der Waals surface area contributed by atoms with Crippen LogP contribution in [0.1, 0.15) is 47.0 Å². The molecule has 98 valence electrons. The molecule has 1 aliphatic rings. The van der Waals surface area contributed by atoms with Crippen LogP contribution in [-0.2, 0) is 0 Å². The molecule has 0 amide bonds. The van der Waals surface area contributed by atoms with Crippen LogP contribution < -0.4 is 0 Å². The minimum Gasteiger partial charge on any atom is -0.307 e. The third-order valence-electron chi connectivity index (χ3n) is 3.43. The summed E-state index contributed by atoms with van der Waals surface area (Å²) in [5, 5.41) is 0. The largest absolute Gasteiger partial charge is 0.307 e. The highest BCUT2D eigenvalue weighted by Crippen LogP contribution is 2.15. The van der Waals surface area contributed by atoms with Crippen molar-refractivity contribution < 1.29 is 0 Å². The molecule has 0 aliphatic carbocycles. The first-order valence-corrected chi connectivity index (χ1v) is 7.13. The highest BCUT2D eigenvalue weighted by Gasteiger charge is 2.14. The van der Waals surface area contributed by atoms with Gasteiger partial charge in [0.2, 0.25) is 0 Å². The molecule has 2 nitrogen and oxygen atoms in total. The van der Waals surface area contributed by atoms with Crippen LogP contribution in [0.15, 0.2) is 0 Å². The topological polar surface area (TPSA) is 6.48 Å². The first-order chi connectivity index (χ1) is 7.72. The third kappa shape index (κ3) is 7.24. The number of likely N-dealkylation sites (tertiary alicyclic amines) is 1. The van der Waals surface area contributed by atoms with Gasteiger partial charge in [-0.3, -0.25) is 0 Å². The van der Waals surface area contributed by atoms with Gasteiger partial charge in [0, 0.05) is 0 Å². The minimum atomic E-state index is 0.963. The van der Waals surface area contributed by atoms with Crippen LogP contribution in [0.2, 0.25) is 0 Å². The fraction of sp³-hybridized carbons (Fsp3) is 1.00. The number of rotatable bonds is 5. The highest BCUT2D eigenvalue weighted by atomic mass is 15.1. The van der Waals surface area contributed by atoms with Gasteiger partial charge in [-0.25, -0.2) is 0 Å². The van der Waals surface area contributed by atoms with Gasteiger partial charge in [0.05, 0.1) is 0 Å². The van der Waals surface area contributed by atoms with Crippen LogP contribution in [0.25, 0.3) is 0 Å². The number of nitrogens with zero attached hydrogens (tertiary/aromatic N) is 2. The molecule has 0 radical (unpaired) electrons. The Morgan fingerprint density at radius 1 is 1.19 bits per heavy atom. The van der Waals surface area contributed by atoms with Gasteiger partial charge in [-0.05, 0) is 65.0 Å². The summed E-state index contributed by atoms with van der Waals surface area (Å²) in [7, 11) is 2.21. The summed E-state index contributed by atoms with van der Waals surface area (Å²) in [5.74, 6) is 0.963. The van der Waals surface area contributed by atoms with E-state index in [4.69, 9.17) is 0 Å². The fourth-order valence-corrected chi connectivity index (χ4v) is 2.01. The van der Waals surface area contributed by atoms with E-state index in [1.807, 2.05) is 13.8 Å².